The van der Waals surface area contributed by atoms with Gasteiger partial charge in [-0.1, -0.05) is 23.7 Å². The van der Waals surface area contributed by atoms with Crippen LogP contribution in [0.2, 0.25) is 5.02 Å². The lowest BCUT2D eigenvalue weighted by Gasteiger charge is -2.11. The quantitative estimate of drug-likeness (QED) is 0.922. The minimum absolute atomic E-state index is 0.224. The second-order valence-corrected chi connectivity index (χ2v) is 4.75. The number of methoxy groups -OCH3 is 2. The summed E-state index contributed by atoms with van der Waals surface area (Å²) < 4.78 is 10.4. The third kappa shape index (κ3) is 3.67. The second kappa shape index (κ2) is 6.99. The normalized spacial score (nSPS) is 10.0. The summed E-state index contributed by atoms with van der Waals surface area (Å²) in [7, 11) is 3.17. The van der Waals surface area contributed by atoms with Crippen molar-refractivity contribution < 1.29 is 14.3 Å². The number of amides is 1. The summed E-state index contributed by atoms with van der Waals surface area (Å²) in [5, 5.41) is 3.25. The van der Waals surface area contributed by atoms with E-state index in [4.69, 9.17) is 21.1 Å². The van der Waals surface area contributed by atoms with E-state index in [9.17, 15) is 4.79 Å². The second-order valence-electron chi connectivity index (χ2n) is 4.34. The van der Waals surface area contributed by atoms with Gasteiger partial charge in [0.15, 0.2) is 0 Å². The molecular weight excluding hydrogens is 290 g/mol. The van der Waals surface area contributed by atoms with Gasteiger partial charge in [0.25, 0.3) is 5.91 Å². The van der Waals surface area contributed by atoms with E-state index in [-0.39, 0.29) is 5.91 Å². The predicted octanol–water partition coefficient (Wildman–Crippen LogP) is 3.29. The van der Waals surface area contributed by atoms with Crippen LogP contribution in [0.25, 0.3) is 0 Å². The van der Waals surface area contributed by atoms with Gasteiger partial charge >= 0.3 is 0 Å². The number of hydrogen-bond donors (Lipinski definition) is 1. The van der Waals surface area contributed by atoms with Gasteiger partial charge < -0.3 is 14.8 Å². The molecular formula is C16H16ClNO3. The first-order valence-electron chi connectivity index (χ1n) is 6.39. The van der Waals surface area contributed by atoms with Gasteiger partial charge in [0.2, 0.25) is 0 Å². The third-order valence-electron chi connectivity index (χ3n) is 3.05. The first-order valence-corrected chi connectivity index (χ1v) is 6.77. The topological polar surface area (TPSA) is 47.6 Å². The Morgan fingerprint density at radius 3 is 2.57 bits per heavy atom. The van der Waals surface area contributed by atoms with E-state index >= 15 is 0 Å². The van der Waals surface area contributed by atoms with Crippen LogP contribution >= 0.6 is 11.6 Å². The van der Waals surface area contributed by atoms with E-state index in [0.717, 1.165) is 5.56 Å². The van der Waals surface area contributed by atoms with Crippen molar-refractivity contribution in [3.05, 3.63) is 58.6 Å². The Balaban J connectivity index is 2.10. The Morgan fingerprint density at radius 2 is 1.90 bits per heavy atom. The molecule has 0 saturated carbocycles. The van der Waals surface area contributed by atoms with Crippen molar-refractivity contribution in [2.45, 2.75) is 6.54 Å². The number of hydrogen-bond acceptors (Lipinski definition) is 3. The first kappa shape index (κ1) is 15.2. The molecule has 0 atom stereocenters. The molecule has 0 unspecified atom stereocenters. The van der Waals surface area contributed by atoms with E-state index in [1.807, 2.05) is 12.1 Å². The van der Waals surface area contributed by atoms with Gasteiger partial charge in [-0.05, 0) is 24.3 Å². The fraction of sp³-hybridized carbons (Fsp3) is 0.188. The van der Waals surface area contributed by atoms with Crippen molar-refractivity contribution in [3.8, 4) is 11.5 Å². The standard InChI is InChI=1S/C16H16ClNO3/c1-20-12-8-7-11(15(9-12)21-2)10-18-16(19)13-5-3-4-6-14(13)17/h3-9H,10H2,1-2H3,(H,18,19). The average Bonchev–Trinajstić information content (AvgIpc) is 2.52. The molecule has 0 aliphatic heterocycles. The monoisotopic (exact) mass is 305 g/mol. The first-order chi connectivity index (χ1) is 10.2. The molecule has 5 heteroatoms. The fourth-order valence-electron chi connectivity index (χ4n) is 1.91. The highest BCUT2D eigenvalue weighted by atomic mass is 35.5. The van der Waals surface area contributed by atoms with Crippen molar-refractivity contribution in [1.82, 2.24) is 5.32 Å². The van der Waals surface area contributed by atoms with Crippen LogP contribution in [0.1, 0.15) is 15.9 Å². The maximum absolute atomic E-state index is 12.1. The molecule has 0 bridgehead atoms. The van der Waals surface area contributed by atoms with Gasteiger partial charge in [0.05, 0.1) is 24.8 Å². The van der Waals surface area contributed by atoms with Crippen LogP contribution in [0.3, 0.4) is 0 Å². The van der Waals surface area contributed by atoms with Crippen LogP contribution < -0.4 is 14.8 Å². The predicted molar refractivity (Wildman–Crippen MR) is 82.2 cm³/mol. The molecule has 0 aliphatic rings. The largest absolute Gasteiger partial charge is 0.497 e. The smallest absolute Gasteiger partial charge is 0.253 e. The summed E-state index contributed by atoms with van der Waals surface area (Å²) >= 11 is 6.00. The molecule has 2 rings (SSSR count). The van der Waals surface area contributed by atoms with E-state index in [1.54, 1.807) is 44.6 Å². The summed E-state index contributed by atoms with van der Waals surface area (Å²) in [6.45, 7) is 0.344. The zero-order valence-electron chi connectivity index (χ0n) is 11.9. The van der Waals surface area contributed by atoms with Gasteiger partial charge in [-0.3, -0.25) is 4.79 Å². The summed E-state index contributed by atoms with van der Waals surface area (Å²) in [5.74, 6) is 1.14. The number of rotatable bonds is 5. The summed E-state index contributed by atoms with van der Waals surface area (Å²) in [6, 6.07) is 12.4. The third-order valence-corrected chi connectivity index (χ3v) is 3.38. The molecule has 110 valence electrons. The van der Waals surface area contributed by atoms with Crippen molar-refractivity contribution in [2.24, 2.45) is 0 Å². The van der Waals surface area contributed by atoms with Crippen LogP contribution in [0.15, 0.2) is 42.5 Å². The number of benzene rings is 2. The maximum atomic E-state index is 12.1. The lowest BCUT2D eigenvalue weighted by Crippen LogP contribution is -2.23. The lowest BCUT2D eigenvalue weighted by molar-refractivity contribution is 0.0951. The summed E-state index contributed by atoms with van der Waals surface area (Å²) in [6.07, 6.45) is 0. The number of halogens is 1. The van der Waals surface area contributed by atoms with E-state index in [1.165, 1.54) is 0 Å². The minimum Gasteiger partial charge on any atom is -0.497 e. The van der Waals surface area contributed by atoms with Crippen LogP contribution in [-0.4, -0.2) is 20.1 Å². The molecule has 0 spiro atoms. The Morgan fingerprint density at radius 1 is 1.14 bits per heavy atom. The van der Waals surface area contributed by atoms with Gasteiger partial charge in [-0.15, -0.1) is 0 Å². The van der Waals surface area contributed by atoms with Crippen LogP contribution in [-0.2, 0) is 6.54 Å². The van der Waals surface area contributed by atoms with E-state index in [2.05, 4.69) is 5.32 Å². The van der Waals surface area contributed by atoms with Crippen LogP contribution in [0.4, 0.5) is 0 Å². The van der Waals surface area contributed by atoms with E-state index in [0.29, 0.717) is 28.6 Å². The zero-order chi connectivity index (χ0) is 15.2. The van der Waals surface area contributed by atoms with Crippen molar-refractivity contribution in [2.75, 3.05) is 14.2 Å². The molecule has 0 radical (unpaired) electrons. The highest BCUT2D eigenvalue weighted by Crippen LogP contribution is 2.24. The fourth-order valence-corrected chi connectivity index (χ4v) is 2.14. The molecule has 4 nitrogen and oxygen atoms in total. The molecule has 0 heterocycles. The SMILES string of the molecule is COc1ccc(CNC(=O)c2ccccc2Cl)c(OC)c1. The highest BCUT2D eigenvalue weighted by molar-refractivity contribution is 6.33. The minimum atomic E-state index is -0.224. The molecule has 21 heavy (non-hydrogen) atoms. The highest BCUT2D eigenvalue weighted by Gasteiger charge is 2.11. The molecule has 0 aliphatic carbocycles. The van der Waals surface area contributed by atoms with Gasteiger partial charge in [-0.2, -0.15) is 0 Å². The Kier molecular flexibility index (Phi) is 5.06. The Labute approximate surface area is 128 Å². The Hall–Kier alpha value is -2.20. The lowest BCUT2D eigenvalue weighted by atomic mass is 10.1. The zero-order valence-corrected chi connectivity index (χ0v) is 12.6. The maximum Gasteiger partial charge on any atom is 0.253 e. The van der Waals surface area contributed by atoms with Crippen molar-refractivity contribution in [3.63, 3.8) is 0 Å². The average molecular weight is 306 g/mol. The number of ether oxygens (including phenoxy) is 2. The molecule has 0 fully saturated rings. The number of carbonyl (C=O) groups excluding carboxylic acids is 1. The van der Waals surface area contributed by atoms with Gasteiger partial charge in [0, 0.05) is 18.2 Å². The number of nitrogens with one attached hydrogen (secondary N) is 1. The molecule has 1 N–H and O–H groups in total. The molecule has 0 aromatic heterocycles. The van der Waals surface area contributed by atoms with Crippen LogP contribution in [0.5, 0.6) is 11.5 Å². The van der Waals surface area contributed by atoms with Gasteiger partial charge in [-0.25, -0.2) is 0 Å². The molecule has 0 saturated heterocycles. The van der Waals surface area contributed by atoms with Crippen molar-refractivity contribution in [1.29, 1.82) is 0 Å². The van der Waals surface area contributed by atoms with E-state index < -0.39 is 0 Å². The number of carbonyl (C=O) groups is 1. The molecule has 2 aromatic carbocycles. The summed E-state index contributed by atoms with van der Waals surface area (Å²) in [4.78, 5) is 12.1. The Bertz CT molecular complexity index is 643. The summed E-state index contributed by atoms with van der Waals surface area (Å²) in [5.41, 5.74) is 1.31. The van der Waals surface area contributed by atoms with Crippen LogP contribution in [0, 0.1) is 0 Å². The van der Waals surface area contributed by atoms with Crippen molar-refractivity contribution >= 4 is 17.5 Å². The molecule has 1 amide bonds. The van der Waals surface area contributed by atoms with Gasteiger partial charge in [0.1, 0.15) is 11.5 Å². The molecule has 2 aromatic rings.